The van der Waals surface area contributed by atoms with Crippen LogP contribution in [0.5, 0.6) is 11.5 Å². The Kier molecular flexibility index (Phi) is 4.11. The number of H-pyrrole nitrogens is 1. The van der Waals surface area contributed by atoms with Crippen LogP contribution in [0.4, 0.5) is 0 Å². The van der Waals surface area contributed by atoms with E-state index in [-0.39, 0.29) is 11.9 Å². The summed E-state index contributed by atoms with van der Waals surface area (Å²) in [7, 11) is 5.01. The molecule has 138 valence electrons. The first kappa shape index (κ1) is 17.1. The summed E-state index contributed by atoms with van der Waals surface area (Å²) in [6.45, 7) is 2.04. The van der Waals surface area contributed by atoms with E-state index in [2.05, 4.69) is 10.2 Å². The maximum Gasteiger partial charge on any atom is 0.272 e. The Morgan fingerprint density at radius 2 is 1.74 bits per heavy atom. The summed E-state index contributed by atoms with van der Waals surface area (Å²) in [4.78, 5) is 14.5. The fraction of sp³-hybridized carbons (Fsp3) is 0.238. The van der Waals surface area contributed by atoms with Crippen molar-refractivity contribution in [1.29, 1.82) is 0 Å². The van der Waals surface area contributed by atoms with E-state index in [0.717, 1.165) is 22.4 Å². The zero-order valence-electron chi connectivity index (χ0n) is 15.7. The molecule has 6 heteroatoms. The highest BCUT2D eigenvalue weighted by Crippen LogP contribution is 2.43. The van der Waals surface area contributed by atoms with Crippen molar-refractivity contribution in [3.8, 4) is 22.8 Å². The molecular weight excluding hydrogens is 342 g/mol. The molecule has 0 bridgehead atoms. The number of aromatic nitrogens is 2. The Morgan fingerprint density at radius 1 is 1.04 bits per heavy atom. The van der Waals surface area contributed by atoms with E-state index < -0.39 is 0 Å². The molecule has 1 aliphatic heterocycles. The molecule has 0 saturated carbocycles. The molecule has 6 nitrogen and oxygen atoms in total. The second-order valence-corrected chi connectivity index (χ2v) is 6.66. The van der Waals surface area contributed by atoms with Crippen molar-refractivity contribution in [3.63, 3.8) is 0 Å². The molecule has 1 unspecified atom stereocenters. The number of carbonyl (C=O) groups is 1. The van der Waals surface area contributed by atoms with Gasteiger partial charge in [0.05, 0.1) is 26.0 Å². The zero-order chi connectivity index (χ0) is 19.1. The zero-order valence-corrected chi connectivity index (χ0v) is 15.7. The van der Waals surface area contributed by atoms with Gasteiger partial charge in [0.2, 0.25) is 0 Å². The summed E-state index contributed by atoms with van der Waals surface area (Å²) in [5.74, 6) is 1.21. The second kappa shape index (κ2) is 6.46. The van der Waals surface area contributed by atoms with Gasteiger partial charge in [0.25, 0.3) is 5.91 Å². The number of hydrogen-bond acceptors (Lipinski definition) is 4. The lowest BCUT2D eigenvalue weighted by molar-refractivity contribution is 0.0787. The number of nitrogens with zero attached hydrogens (tertiary/aromatic N) is 2. The molecule has 0 saturated heterocycles. The number of amides is 1. The number of carbonyl (C=O) groups excluding carboxylic acids is 1. The van der Waals surface area contributed by atoms with Crippen molar-refractivity contribution in [3.05, 3.63) is 64.8 Å². The molecule has 2 aromatic carbocycles. The second-order valence-electron chi connectivity index (χ2n) is 6.66. The van der Waals surface area contributed by atoms with Gasteiger partial charge in [0.1, 0.15) is 5.69 Å². The van der Waals surface area contributed by atoms with Gasteiger partial charge in [-0.25, -0.2) is 0 Å². The predicted molar refractivity (Wildman–Crippen MR) is 102 cm³/mol. The van der Waals surface area contributed by atoms with Gasteiger partial charge in [-0.15, -0.1) is 0 Å². The number of ether oxygens (including phenoxy) is 2. The Balaban J connectivity index is 1.86. The molecule has 0 fully saturated rings. The van der Waals surface area contributed by atoms with Gasteiger partial charge in [-0.05, 0) is 24.6 Å². The van der Waals surface area contributed by atoms with Crippen LogP contribution in [0, 0.1) is 6.92 Å². The molecule has 1 amide bonds. The fourth-order valence-electron chi connectivity index (χ4n) is 3.61. The first-order valence-corrected chi connectivity index (χ1v) is 8.69. The number of aromatic amines is 1. The summed E-state index contributed by atoms with van der Waals surface area (Å²) >= 11 is 0. The highest BCUT2D eigenvalue weighted by Gasteiger charge is 2.40. The lowest BCUT2D eigenvalue weighted by atomic mass is 9.95. The summed E-state index contributed by atoms with van der Waals surface area (Å²) in [5.41, 5.74) is 5.31. The van der Waals surface area contributed by atoms with Crippen molar-refractivity contribution < 1.29 is 14.3 Å². The van der Waals surface area contributed by atoms with E-state index in [0.29, 0.717) is 17.2 Å². The van der Waals surface area contributed by atoms with Crippen LogP contribution in [-0.4, -0.2) is 42.3 Å². The van der Waals surface area contributed by atoms with Crippen LogP contribution >= 0.6 is 0 Å². The third-order valence-corrected chi connectivity index (χ3v) is 5.05. The number of hydrogen-bond donors (Lipinski definition) is 1. The van der Waals surface area contributed by atoms with Crippen LogP contribution in [0.25, 0.3) is 11.3 Å². The normalized spacial score (nSPS) is 15.8. The van der Waals surface area contributed by atoms with Crippen molar-refractivity contribution in [2.45, 2.75) is 13.0 Å². The number of aryl methyl sites for hydroxylation is 1. The summed E-state index contributed by atoms with van der Waals surface area (Å²) in [5, 5.41) is 7.38. The maximum atomic E-state index is 12.8. The monoisotopic (exact) mass is 363 g/mol. The number of methoxy groups -OCH3 is 2. The van der Waals surface area contributed by atoms with Crippen LogP contribution in [0.1, 0.15) is 33.2 Å². The molecule has 1 aliphatic rings. The third-order valence-electron chi connectivity index (χ3n) is 5.05. The van der Waals surface area contributed by atoms with E-state index >= 15 is 0 Å². The molecule has 2 heterocycles. The van der Waals surface area contributed by atoms with Gasteiger partial charge in [-0.3, -0.25) is 9.89 Å². The first-order valence-electron chi connectivity index (χ1n) is 8.69. The molecule has 1 atom stereocenters. The van der Waals surface area contributed by atoms with E-state index in [9.17, 15) is 4.79 Å². The molecule has 1 aromatic heterocycles. The van der Waals surface area contributed by atoms with Crippen LogP contribution in [0.15, 0.2) is 42.5 Å². The van der Waals surface area contributed by atoms with Gasteiger partial charge in [0, 0.05) is 18.2 Å². The molecular formula is C21H21N3O3. The lowest BCUT2D eigenvalue weighted by Gasteiger charge is -2.23. The lowest BCUT2D eigenvalue weighted by Crippen LogP contribution is -2.24. The van der Waals surface area contributed by atoms with Gasteiger partial charge >= 0.3 is 0 Å². The van der Waals surface area contributed by atoms with Crippen LogP contribution in [0.3, 0.4) is 0 Å². The van der Waals surface area contributed by atoms with Crippen molar-refractivity contribution in [2.75, 3.05) is 21.3 Å². The Labute approximate surface area is 157 Å². The molecule has 0 radical (unpaired) electrons. The summed E-state index contributed by atoms with van der Waals surface area (Å²) in [6, 6.07) is 13.6. The van der Waals surface area contributed by atoms with Crippen LogP contribution in [0.2, 0.25) is 0 Å². The molecule has 27 heavy (non-hydrogen) atoms. The Bertz CT molecular complexity index is 1010. The highest BCUT2D eigenvalue weighted by atomic mass is 16.5. The Morgan fingerprint density at radius 3 is 2.41 bits per heavy atom. The van der Waals surface area contributed by atoms with Gasteiger partial charge in [-0.2, -0.15) is 5.10 Å². The molecule has 3 aromatic rings. The predicted octanol–water partition coefficient (Wildman–Crippen LogP) is 3.58. The van der Waals surface area contributed by atoms with Crippen molar-refractivity contribution in [1.82, 2.24) is 15.1 Å². The quantitative estimate of drug-likeness (QED) is 0.769. The molecule has 0 aliphatic carbocycles. The topological polar surface area (TPSA) is 67.5 Å². The SMILES string of the molecule is COc1ccc(C2c3c(-c4ccc(C)cc4)n[nH]c3C(=O)N2C)cc1OC. The highest BCUT2D eigenvalue weighted by molar-refractivity contribution is 6.00. The number of rotatable bonds is 4. The third kappa shape index (κ3) is 2.65. The minimum absolute atomic E-state index is 0.0735. The van der Waals surface area contributed by atoms with Gasteiger partial charge < -0.3 is 14.4 Å². The number of benzene rings is 2. The van der Waals surface area contributed by atoms with Crippen LogP contribution in [-0.2, 0) is 0 Å². The molecule has 1 N–H and O–H groups in total. The number of fused-ring (bicyclic) bond motifs is 1. The largest absolute Gasteiger partial charge is 0.493 e. The fourth-order valence-corrected chi connectivity index (χ4v) is 3.61. The maximum absolute atomic E-state index is 12.8. The van der Waals surface area contributed by atoms with Gasteiger partial charge in [0.15, 0.2) is 11.5 Å². The first-order chi connectivity index (χ1) is 13.0. The van der Waals surface area contributed by atoms with Crippen LogP contribution < -0.4 is 9.47 Å². The minimum atomic E-state index is -0.248. The van der Waals surface area contributed by atoms with Crippen molar-refractivity contribution in [2.24, 2.45) is 0 Å². The smallest absolute Gasteiger partial charge is 0.272 e. The molecule has 0 spiro atoms. The van der Waals surface area contributed by atoms with Crippen molar-refractivity contribution >= 4 is 5.91 Å². The van der Waals surface area contributed by atoms with E-state index in [1.165, 1.54) is 5.56 Å². The minimum Gasteiger partial charge on any atom is -0.493 e. The summed E-state index contributed by atoms with van der Waals surface area (Å²) in [6.07, 6.45) is 0. The van der Waals surface area contributed by atoms with E-state index in [1.54, 1.807) is 26.2 Å². The summed E-state index contributed by atoms with van der Waals surface area (Å²) < 4.78 is 10.8. The standard InChI is InChI=1S/C21H21N3O3/c1-12-5-7-13(8-6-12)18-17-19(23-22-18)21(25)24(2)20(17)14-9-10-15(26-3)16(11-14)27-4/h5-11,20H,1-4H3,(H,22,23). The van der Waals surface area contributed by atoms with E-state index in [4.69, 9.17) is 9.47 Å². The van der Waals surface area contributed by atoms with E-state index in [1.807, 2.05) is 49.4 Å². The average Bonchev–Trinajstić information content (AvgIpc) is 3.21. The Hall–Kier alpha value is -3.28. The average molecular weight is 363 g/mol. The van der Waals surface area contributed by atoms with Gasteiger partial charge in [-0.1, -0.05) is 35.9 Å². The number of nitrogens with one attached hydrogen (secondary N) is 1. The molecule has 4 rings (SSSR count).